The van der Waals surface area contributed by atoms with E-state index in [9.17, 15) is 8.42 Å². The Hall–Kier alpha value is -1.79. The van der Waals surface area contributed by atoms with Gasteiger partial charge in [-0.3, -0.25) is 4.72 Å². The number of ether oxygens (including phenoxy) is 1. The zero-order chi connectivity index (χ0) is 15.3. The monoisotopic (exact) mass is 326 g/mol. The maximum absolute atomic E-state index is 12.3. The van der Waals surface area contributed by atoms with E-state index < -0.39 is 10.0 Å². The molecule has 1 aromatic heterocycles. The molecule has 21 heavy (non-hydrogen) atoms. The summed E-state index contributed by atoms with van der Waals surface area (Å²) in [5.41, 5.74) is 0.388. The van der Waals surface area contributed by atoms with Crippen LogP contribution in [0.4, 0.5) is 5.69 Å². The molecule has 0 unspecified atom stereocenters. The van der Waals surface area contributed by atoms with Crippen LogP contribution in [0.5, 0.6) is 5.75 Å². The molecular formula is C14H15ClN2O3S. The third-order valence-corrected chi connectivity index (χ3v) is 4.17. The molecule has 1 aromatic carbocycles. The van der Waals surface area contributed by atoms with Crippen LogP contribution >= 0.6 is 11.6 Å². The van der Waals surface area contributed by atoms with E-state index in [1.165, 1.54) is 18.3 Å². The van der Waals surface area contributed by atoms with Crippen LogP contribution in [0.1, 0.15) is 13.3 Å². The average Bonchev–Trinajstić information content (AvgIpc) is 2.46. The third-order valence-electron chi connectivity index (χ3n) is 2.60. The van der Waals surface area contributed by atoms with Gasteiger partial charge in [-0.2, -0.15) is 0 Å². The van der Waals surface area contributed by atoms with Crippen molar-refractivity contribution >= 4 is 27.3 Å². The standard InChI is InChI=1S/C14H15ClN2O3S/c1-2-9-20-13-6-4-3-5-12(13)17-21(18,19)11-7-8-16-14(15)10-11/h3-8,10,17H,2,9H2,1H3. The Bertz CT molecular complexity index is 720. The Kier molecular flexibility index (Phi) is 5.03. The molecule has 0 radical (unpaired) electrons. The van der Waals surface area contributed by atoms with Crippen molar-refractivity contribution in [2.75, 3.05) is 11.3 Å². The number of sulfonamides is 1. The number of anilines is 1. The number of halogens is 1. The van der Waals surface area contributed by atoms with Crippen LogP contribution in [0.25, 0.3) is 0 Å². The van der Waals surface area contributed by atoms with Gasteiger partial charge in [0.2, 0.25) is 0 Å². The molecule has 0 bridgehead atoms. The molecule has 2 rings (SSSR count). The van der Waals surface area contributed by atoms with Crippen LogP contribution in [0.3, 0.4) is 0 Å². The molecule has 1 heterocycles. The molecule has 1 N–H and O–H groups in total. The van der Waals surface area contributed by atoms with Crippen molar-refractivity contribution in [3.63, 3.8) is 0 Å². The highest BCUT2D eigenvalue weighted by Crippen LogP contribution is 2.27. The van der Waals surface area contributed by atoms with E-state index in [0.717, 1.165) is 6.42 Å². The van der Waals surface area contributed by atoms with Crippen molar-refractivity contribution in [2.24, 2.45) is 0 Å². The second-order valence-corrected chi connectivity index (χ2v) is 6.33. The maximum atomic E-state index is 12.3. The summed E-state index contributed by atoms with van der Waals surface area (Å²) in [6, 6.07) is 9.55. The molecule has 0 spiro atoms. The SMILES string of the molecule is CCCOc1ccccc1NS(=O)(=O)c1ccnc(Cl)c1. The van der Waals surface area contributed by atoms with Crippen molar-refractivity contribution in [1.29, 1.82) is 0 Å². The van der Waals surface area contributed by atoms with Crippen molar-refractivity contribution in [3.05, 3.63) is 47.7 Å². The quantitative estimate of drug-likeness (QED) is 0.827. The highest BCUT2D eigenvalue weighted by atomic mass is 35.5. The molecule has 112 valence electrons. The first-order valence-corrected chi connectivity index (χ1v) is 8.25. The van der Waals surface area contributed by atoms with Crippen molar-refractivity contribution in [3.8, 4) is 5.75 Å². The van der Waals surface area contributed by atoms with Crippen LogP contribution in [0, 0.1) is 0 Å². The predicted octanol–water partition coefficient (Wildman–Crippen LogP) is 3.32. The topological polar surface area (TPSA) is 68.3 Å². The van der Waals surface area contributed by atoms with Gasteiger partial charge in [0.05, 0.1) is 17.2 Å². The van der Waals surface area contributed by atoms with Crippen molar-refractivity contribution in [1.82, 2.24) is 4.98 Å². The fourth-order valence-electron chi connectivity index (χ4n) is 1.64. The van der Waals surface area contributed by atoms with E-state index in [1.807, 2.05) is 6.92 Å². The minimum atomic E-state index is -3.74. The third kappa shape index (κ3) is 4.09. The molecule has 0 saturated carbocycles. The van der Waals surface area contributed by atoms with Crippen molar-refractivity contribution < 1.29 is 13.2 Å². The van der Waals surface area contributed by atoms with Crippen LogP contribution in [-0.4, -0.2) is 20.0 Å². The van der Waals surface area contributed by atoms with E-state index in [-0.39, 0.29) is 10.0 Å². The van der Waals surface area contributed by atoms with Crippen LogP contribution in [-0.2, 0) is 10.0 Å². The Labute approximate surface area is 129 Å². The highest BCUT2D eigenvalue weighted by molar-refractivity contribution is 7.92. The van der Waals surface area contributed by atoms with Gasteiger partial charge in [-0.25, -0.2) is 13.4 Å². The number of nitrogens with zero attached hydrogens (tertiary/aromatic N) is 1. The fraction of sp³-hybridized carbons (Fsp3) is 0.214. The lowest BCUT2D eigenvalue weighted by Crippen LogP contribution is -2.14. The van der Waals surface area contributed by atoms with Gasteiger partial charge in [-0.15, -0.1) is 0 Å². The van der Waals surface area contributed by atoms with Gasteiger partial charge in [0.15, 0.2) is 0 Å². The minimum Gasteiger partial charge on any atom is -0.491 e. The van der Waals surface area contributed by atoms with Crippen molar-refractivity contribution in [2.45, 2.75) is 18.2 Å². The lowest BCUT2D eigenvalue weighted by molar-refractivity contribution is 0.319. The summed E-state index contributed by atoms with van der Waals surface area (Å²) < 4.78 is 32.7. The number of para-hydroxylation sites is 2. The number of aromatic nitrogens is 1. The number of benzene rings is 1. The Morgan fingerprint density at radius 1 is 1.29 bits per heavy atom. The lowest BCUT2D eigenvalue weighted by atomic mass is 10.3. The van der Waals surface area contributed by atoms with Gasteiger partial charge >= 0.3 is 0 Å². The smallest absolute Gasteiger partial charge is 0.262 e. The molecule has 0 aliphatic rings. The van der Waals surface area contributed by atoms with Gasteiger partial charge < -0.3 is 4.74 Å². The number of rotatable bonds is 6. The zero-order valence-electron chi connectivity index (χ0n) is 11.4. The Balaban J connectivity index is 2.29. The van der Waals surface area contributed by atoms with Crippen LogP contribution < -0.4 is 9.46 Å². The molecule has 0 fully saturated rings. The van der Waals surface area contributed by atoms with Gasteiger partial charge in [0, 0.05) is 6.20 Å². The van der Waals surface area contributed by atoms with E-state index in [1.54, 1.807) is 24.3 Å². The molecule has 2 aromatic rings. The van der Waals surface area contributed by atoms with Gasteiger partial charge in [-0.05, 0) is 30.7 Å². The van der Waals surface area contributed by atoms with Gasteiger partial charge in [0.25, 0.3) is 10.0 Å². The molecule has 5 nitrogen and oxygen atoms in total. The van der Waals surface area contributed by atoms with E-state index >= 15 is 0 Å². The summed E-state index contributed by atoms with van der Waals surface area (Å²) in [4.78, 5) is 3.82. The minimum absolute atomic E-state index is 0.0489. The molecule has 0 aliphatic carbocycles. The molecular weight excluding hydrogens is 312 g/mol. The first kappa shape index (κ1) is 15.6. The summed E-state index contributed by atoms with van der Waals surface area (Å²) in [7, 11) is -3.74. The summed E-state index contributed by atoms with van der Waals surface area (Å²) >= 11 is 5.73. The van der Waals surface area contributed by atoms with Gasteiger partial charge in [-0.1, -0.05) is 30.7 Å². The summed E-state index contributed by atoms with van der Waals surface area (Å²) in [5.74, 6) is 0.489. The molecule has 0 amide bonds. The Morgan fingerprint density at radius 3 is 2.76 bits per heavy atom. The van der Waals surface area contributed by atoms with E-state index in [2.05, 4.69) is 9.71 Å². The number of hydrogen-bond acceptors (Lipinski definition) is 4. The van der Waals surface area contributed by atoms with Gasteiger partial charge in [0.1, 0.15) is 10.9 Å². The fourth-order valence-corrected chi connectivity index (χ4v) is 2.97. The van der Waals surface area contributed by atoms with E-state index in [0.29, 0.717) is 18.0 Å². The average molecular weight is 327 g/mol. The normalized spacial score (nSPS) is 11.1. The summed E-state index contributed by atoms with van der Waals surface area (Å²) in [5, 5.41) is 0.119. The number of pyridine rings is 1. The number of nitrogens with one attached hydrogen (secondary N) is 1. The molecule has 0 atom stereocenters. The van der Waals surface area contributed by atoms with E-state index in [4.69, 9.17) is 16.3 Å². The molecule has 0 aliphatic heterocycles. The van der Waals surface area contributed by atoms with Crippen LogP contribution in [0.15, 0.2) is 47.5 Å². The molecule has 0 saturated heterocycles. The summed E-state index contributed by atoms with van der Waals surface area (Å²) in [6.45, 7) is 2.49. The Morgan fingerprint density at radius 2 is 2.05 bits per heavy atom. The first-order valence-electron chi connectivity index (χ1n) is 6.39. The van der Waals surface area contributed by atoms with Crippen LogP contribution in [0.2, 0.25) is 5.15 Å². The maximum Gasteiger partial charge on any atom is 0.262 e. The number of hydrogen-bond donors (Lipinski definition) is 1. The predicted molar refractivity (Wildman–Crippen MR) is 82.3 cm³/mol. The lowest BCUT2D eigenvalue weighted by Gasteiger charge is -2.13. The first-order chi connectivity index (χ1) is 10.0. The highest BCUT2D eigenvalue weighted by Gasteiger charge is 2.17. The molecule has 7 heteroatoms. The second kappa shape index (κ2) is 6.78. The summed E-state index contributed by atoms with van der Waals surface area (Å²) in [6.07, 6.45) is 2.18. The largest absolute Gasteiger partial charge is 0.491 e. The zero-order valence-corrected chi connectivity index (χ0v) is 13.0. The second-order valence-electron chi connectivity index (χ2n) is 4.26.